The second-order valence-electron chi connectivity index (χ2n) is 5.03. The first kappa shape index (κ1) is 13.8. The summed E-state index contributed by atoms with van der Waals surface area (Å²) in [4.78, 5) is 30.2. The second-order valence-corrected chi connectivity index (χ2v) is 5.88. The highest BCUT2D eigenvalue weighted by Crippen LogP contribution is 2.26. The normalized spacial score (nSPS) is 17.4. The van der Waals surface area contributed by atoms with E-state index in [1.165, 1.54) is 16.2 Å². The Morgan fingerprint density at radius 3 is 2.67 bits per heavy atom. The molecule has 1 aliphatic rings. The number of carboxylic acids is 1. The van der Waals surface area contributed by atoms with Crippen LogP contribution in [-0.2, 0) is 17.8 Å². The molecule has 6 heteroatoms. The summed E-state index contributed by atoms with van der Waals surface area (Å²) in [6, 6.07) is 6.83. The lowest BCUT2D eigenvalue weighted by molar-refractivity contribution is -0.142. The molecule has 0 unspecified atom stereocenters. The number of carbonyl (C=O) groups is 2. The Bertz CT molecular complexity index is 710. The summed E-state index contributed by atoms with van der Waals surface area (Å²) in [5.41, 5.74) is 4.25. The summed E-state index contributed by atoms with van der Waals surface area (Å²) in [5, 5.41) is 9.44. The largest absolute Gasteiger partial charge is 0.480 e. The van der Waals surface area contributed by atoms with Crippen molar-refractivity contribution in [1.29, 1.82) is 0 Å². The van der Waals surface area contributed by atoms with Crippen LogP contribution in [0.1, 0.15) is 26.5 Å². The Morgan fingerprint density at radius 1 is 1.33 bits per heavy atom. The number of nitrogens with zero attached hydrogens (tertiary/aromatic N) is 2. The highest BCUT2D eigenvalue weighted by molar-refractivity contribution is 7.11. The molecular formula is C15H14N2O3S. The van der Waals surface area contributed by atoms with Crippen molar-refractivity contribution in [3.8, 4) is 0 Å². The Kier molecular flexibility index (Phi) is 3.47. The van der Waals surface area contributed by atoms with E-state index in [1.807, 2.05) is 24.3 Å². The van der Waals surface area contributed by atoms with E-state index >= 15 is 0 Å². The average molecular weight is 302 g/mol. The van der Waals surface area contributed by atoms with Crippen LogP contribution >= 0.6 is 11.3 Å². The van der Waals surface area contributed by atoms with Gasteiger partial charge in [0.25, 0.3) is 5.91 Å². The predicted octanol–water partition coefficient (Wildman–Crippen LogP) is 2.10. The zero-order chi connectivity index (χ0) is 15.0. The van der Waals surface area contributed by atoms with Crippen molar-refractivity contribution >= 4 is 23.2 Å². The molecule has 0 radical (unpaired) electrons. The molecule has 2 aromatic rings. The zero-order valence-corrected chi connectivity index (χ0v) is 12.3. The number of rotatable bonds is 2. The van der Waals surface area contributed by atoms with Gasteiger partial charge in [0.1, 0.15) is 10.9 Å². The minimum atomic E-state index is -0.972. The van der Waals surface area contributed by atoms with Gasteiger partial charge in [-0.1, -0.05) is 24.3 Å². The lowest BCUT2D eigenvalue weighted by Crippen LogP contribution is -2.48. The minimum Gasteiger partial charge on any atom is -0.480 e. The van der Waals surface area contributed by atoms with Crippen molar-refractivity contribution in [3.63, 3.8) is 0 Å². The number of carbonyl (C=O) groups excluding carboxylic acids is 1. The maximum absolute atomic E-state index is 12.6. The number of benzene rings is 1. The van der Waals surface area contributed by atoms with Gasteiger partial charge in [0, 0.05) is 13.0 Å². The van der Waals surface area contributed by atoms with Gasteiger partial charge in [-0.2, -0.15) is 0 Å². The maximum Gasteiger partial charge on any atom is 0.326 e. The van der Waals surface area contributed by atoms with E-state index in [9.17, 15) is 14.7 Å². The number of hydrogen-bond acceptors (Lipinski definition) is 4. The topological polar surface area (TPSA) is 70.5 Å². The fourth-order valence-corrected chi connectivity index (χ4v) is 3.35. The number of amides is 1. The van der Waals surface area contributed by atoms with Crippen molar-refractivity contribution in [3.05, 3.63) is 51.5 Å². The van der Waals surface area contributed by atoms with Crippen LogP contribution in [0.25, 0.3) is 0 Å². The predicted molar refractivity (Wildman–Crippen MR) is 78.3 cm³/mol. The molecule has 0 spiro atoms. The number of fused-ring (bicyclic) bond motifs is 1. The molecule has 0 fully saturated rings. The molecule has 5 nitrogen and oxygen atoms in total. The van der Waals surface area contributed by atoms with Crippen LogP contribution in [0, 0.1) is 6.92 Å². The highest BCUT2D eigenvalue weighted by Gasteiger charge is 2.35. The van der Waals surface area contributed by atoms with Crippen LogP contribution in [0.2, 0.25) is 0 Å². The van der Waals surface area contributed by atoms with Crippen molar-refractivity contribution in [1.82, 2.24) is 9.88 Å². The van der Waals surface area contributed by atoms with Crippen molar-refractivity contribution < 1.29 is 14.7 Å². The van der Waals surface area contributed by atoms with Crippen LogP contribution in [0.3, 0.4) is 0 Å². The third-order valence-electron chi connectivity index (χ3n) is 3.73. The molecule has 0 aliphatic carbocycles. The zero-order valence-electron chi connectivity index (χ0n) is 11.4. The molecule has 21 heavy (non-hydrogen) atoms. The maximum atomic E-state index is 12.6. The first-order chi connectivity index (χ1) is 10.1. The number of carboxylic acid groups (broad SMARTS) is 1. The van der Waals surface area contributed by atoms with Gasteiger partial charge in [-0.3, -0.25) is 4.79 Å². The fraction of sp³-hybridized carbons (Fsp3) is 0.267. The summed E-state index contributed by atoms with van der Waals surface area (Å²) in [6.45, 7) is 2.08. The molecule has 1 N–H and O–H groups in total. The van der Waals surface area contributed by atoms with Crippen molar-refractivity contribution in [2.45, 2.75) is 25.9 Å². The van der Waals surface area contributed by atoms with Gasteiger partial charge in [-0.15, -0.1) is 11.3 Å². The first-order valence-corrected chi connectivity index (χ1v) is 7.46. The molecule has 0 bridgehead atoms. The fourth-order valence-electron chi connectivity index (χ4n) is 2.59. The monoisotopic (exact) mass is 302 g/mol. The SMILES string of the molecule is Cc1ncsc1C(=O)N1Cc2ccccc2C[C@H]1C(=O)O. The van der Waals surface area contributed by atoms with Gasteiger partial charge < -0.3 is 10.0 Å². The average Bonchev–Trinajstić information content (AvgIpc) is 2.91. The number of thiazole rings is 1. The molecule has 108 valence electrons. The molecule has 2 heterocycles. The Labute approximate surface area is 125 Å². The van der Waals surface area contributed by atoms with Crippen molar-refractivity contribution in [2.75, 3.05) is 0 Å². The van der Waals surface area contributed by atoms with E-state index in [2.05, 4.69) is 4.98 Å². The summed E-state index contributed by atoms with van der Waals surface area (Å²) < 4.78 is 0. The lowest BCUT2D eigenvalue weighted by Gasteiger charge is -2.34. The summed E-state index contributed by atoms with van der Waals surface area (Å²) in [6.07, 6.45) is 0.342. The Balaban J connectivity index is 1.98. The molecule has 1 aromatic heterocycles. The Morgan fingerprint density at radius 2 is 2.05 bits per heavy atom. The van der Waals surface area contributed by atoms with Crippen LogP contribution in [0.15, 0.2) is 29.8 Å². The second kappa shape index (κ2) is 5.29. The molecule has 0 saturated carbocycles. The van der Waals surface area contributed by atoms with Gasteiger partial charge in [0.05, 0.1) is 11.2 Å². The van der Waals surface area contributed by atoms with Gasteiger partial charge in [-0.25, -0.2) is 9.78 Å². The minimum absolute atomic E-state index is 0.253. The van der Waals surface area contributed by atoms with Crippen LogP contribution in [0.4, 0.5) is 0 Å². The van der Waals surface area contributed by atoms with E-state index in [4.69, 9.17) is 0 Å². The van der Waals surface area contributed by atoms with Crippen LogP contribution in [-0.4, -0.2) is 32.9 Å². The quantitative estimate of drug-likeness (QED) is 0.922. The summed E-state index contributed by atoms with van der Waals surface area (Å²) >= 11 is 1.25. The van der Waals surface area contributed by atoms with Crippen LogP contribution < -0.4 is 0 Å². The molecule has 1 aliphatic heterocycles. The highest BCUT2D eigenvalue weighted by atomic mass is 32.1. The standard InChI is InChI=1S/C15H14N2O3S/c1-9-13(21-8-16-9)14(18)17-7-11-5-3-2-4-10(11)6-12(17)15(19)20/h2-5,8,12H,6-7H2,1H3,(H,19,20)/t12-/m0/s1. The van der Waals surface area contributed by atoms with E-state index in [0.29, 0.717) is 23.5 Å². The lowest BCUT2D eigenvalue weighted by atomic mass is 9.94. The van der Waals surface area contributed by atoms with E-state index in [1.54, 1.807) is 12.4 Å². The van der Waals surface area contributed by atoms with Crippen molar-refractivity contribution in [2.24, 2.45) is 0 Å². The van der Waals surface area contributed by atoms with E-state index < -0.39 is 12.0 Å². The number of aromatic nitrogens is 1. The van der Waals surface area contributed by atoms with E-state index in [-0.39, 0.29) is 5.91 Å². The Hall–Kier alpha value is -2.21. The van der Waals surface area contributed by atoms with Gasteiger partial charge in [0.15, 0.2) is 0 Å². The molecule has 0 saturated heterocycles. The van der Waals surface area contributed by atoms with Gasteiger partial charge in [-0.05, 0) is 18.1 Å². The number of aryl methyl sites for hydroxylation is 1. The summed E-state index contributed by atoms with van der Waals surface area (Å²) in [5.74, 6) is -1.23. The molecule has 1 aromatic carbocycles. The van der Waals surface area contributed by atoms with Gasteiger partial charge in [0.2, 0.25) is 0 Å². The van der Waals surface area contributed by atoms with Gasteiger partial charge >= 0.3 is 5.97 Å². The van der Waals surface area contributed by atoms with Crippen LogP contribution in [0.5, 0.6) is 0 Å². The molecule has 1 amide bonds. The smallest absolute Gasteiger partial charge is 0.326 e. The number of hydrogen-bond donors (Lipinski definition) is 1. The number of aliphatic carboxylic acids is 1. The third-order valence-corrected chi connectivity index (χ3v) is 4.65. The molecule has 3 rings (SSSR count). The molecule has 1 atom stereocenters. The third kappa shape index (κ3) is 2.42. The van der Waals surface area contributed by atoms with E-state index in [0.717, 1.165) is 11.1 Å². The summed E-state index contributed by atoms with van der Waals surface area (Å²) in [7, 11) is 0. The first-order valence-electron chi connectivity index (χ1n) is 6.58. The molecular weight excluding hydrogens is 288 g/mol.